The summed E-state index contributed by atoms with van der Waals surface area (Å²) in [6.07, 6.45) is 1.48. The highest BCUT2D eigenvalue weighted by Crippen LogP contribution is 2.13. The lowest BCUT2D eigenvalue weighted by molar-refractivity contribution is 0.0683. The largest absolute Gasteiger partial charge is 0.371 e. The second-order valence-electron chi connectivity index (χ2n) is 2.94. The number of aryl methyl sites for hydroxylation is 1. The van der Waals surface area contributed by atoms with Crippen LogP contribution in [-0.4, -0.2) is 22.6 Å². The number of halogens is 1. The van der Waals surface area contributed by atoms with Crippen LogP contribution in [0.4, 0.5) is 0 Å². The van der Waals surface area contributed by atoms with Crippen molar-refractivity contribution in [3.63, 3.8) is 0 Å². The average molecular weight is 219 g/mol. The maximum absolute atomic E-state index is 5.56. The van der Waals surface area contributed by atoms with Crippen LogP contribution in [0.25, 0.3) is 0 Å². The molecule has 0 spiro atoms. The van der Waals surface area contributed by atoms with Gasteiger partial charge in [-0.3, -0.25) is 0 Å². The zero-order chi connectivity index (χ0) is 10.4. The summed E-state index contributed by atoms with van der Waals surface area (Å²) in [6.45, 7) is 4.48. The lowest BCUT2D eigenvalue weighted by Gasteiger charge is -2.04. The van der Waals surface area contributed by atoms with Crippen LogP contribution in [-0.2, 0) is 11.2 Å². The van der Waals surface area contributed by atoms with Crippen LogP contribution in [0.5, 0.6) is 0 Å². The first-order chi connectivity index (χ1) is 6.77. The highest BCUT2D eigenvalue weighted by atomic mass is 35.5. The maximum Gasteiger partial charge on any atom is 0.226 e. The van der Waals surface area contributed by atoms with Crippen molar-refractivity contribution in [3.05, 3.63) is 11.7 Å². The molecule has 80 valence electrons. The number of ether oxygens (including phenoxy) is 1. The van der Waals surface area contributed by atoms with Crippen LogP contribution < -0.4 is 0 Å². The van der Waals surface area contributed by atoms with Crippen LogP contribution in [0.1, 0.15) is 38.1 Å². The Bertz CT molecular complexity index is 265. The molecule has 1 aromatic rings. The van der Waals surface area contributed by atoms with E-state index in [9.17, 15) is 0 Å². The molecule has 0 bridgehead atoms. The van der Waals surface area contributed by atoms with Crippen LogP contribution in [0.2, 0.25) is 0 Å². The molecule has 5 heteroatoms. The van der Waals surface area contributed by atoms with Crippen molar-refractivity contribution in [2.75, 3.05) is 12.5 Å². The summed E-state index contributed by atoms with van der Waals surface area (Å²) in [5.41, 5.74) is 0. The zero-order valence-electron chi connectivity index (χ0n) is 8.49. The molecule has 4 nitrogen and oxygen atoms in total. The molecule has 1 rings (SSSR count). The van der Waals surface area contributed by atoms with E-state index < -0.39 is 0 Å². The van der Waals surface area contributed by atoms with Gasteiger partial charge in [0.1, 0.15) is 6.10 Å². The summed E-state index contributed by atoms with van der Waals surface area (Å²) in [6, 6.07) is 0. The highest BCUT2D eigenvalue weighted by Gasteiger charge is 2.12. The fraction of sp³-hybridized carbons (Fsp3) is 0.778. The second kappa shape index (κ2) is 5.98. The number of aromatic nitrogens is 2. The number of nitrogens with zero attached hydrogens (tertiary/aromatic N) is 2. The minimum atomic E-state index is -0.103. The molecule has 1 atom stereocenters. The number of hydrogen-bond acceptors (Lipinski definition) is 4. The fourth-order valence-corrected chi connectivity index (χ4v) is 1.21. The van der Waals surface area contributed by atoms with Gasteiger partial charge in [-0.2, -0.15) is 4.98 Å². The topological polar surface area (TPSA) is 48.2 Å². The Morgan fingerprint density at radius 1 is 1.57 bits per heavy atom. The molecule has 0 saturated heterocycles. The molecule has 0 aliphatic heterocycles. The summed E-state index contributed by atoms with van der Waals surface area (Å²) in [4.78, 5) is 4.20. The van der Waals surface area contributed by atoms with Crippen LogP contribution >= 0.6 is 11.6 Å². The molecule has 0 N–H and O–H groups in total. The van der Waals surface area contributed by atoms with Gasteiger partial charge in [0, 0.05) is 18.9 Å². The molecule has 14 heavy (non-hydrogen) atoms. The van der Waals surface area contributed by atoms with Gasteiger partial charge < -0.3 is 9.26 Å². The molecule has 1 heterocycles. The van der Waals surface area contributed by atoms with E-state index in [2.05, 4.69) is 10.1 Å². The normalized spacial score (nSPS) is 13.1. The van der Waals surface area contributed by atoms with Gasteiger partial charge in [-0.1, -0.05) is 5.16 Å². The molecule has 0 aliphatic rings. The van der Waals surface area contributed by atoms with Gasteiger partial charge in [-0.05, 0) is 20.3 Å². The first-order valence-electron chi connectivity index (χ1n) is 4.78. The van der Waals surface area contributed by atoms with Crippen molar-refractivity contribution in [2.24, 2.45) is 0 Å². The summed E-state index contributed by atoms with van der Waals surface area (Å²) in [7, 11) is 0. The zero-order valence-corrected chi connectivity index (χ0v) is 9.25. The van der Waals surface area contributed by atoms with Crippen LogP contribution in [0.15, 0.2) is 4.52 Å². The smallest absolute Gasteiger partial charge is 0.226 e. The minimum Gasteiger partial charge on any atom is -0.371 e. The first kappa shape index (κ1) is 11.5. The minimum absolute atomic E-state index is 0.103. The lowest BCUT2D eigenvalue weighted by Crippen LogP contribution is -2.01. The third-order valence-electron chi connectivity index (χ3n) is 1.79. The Hall–Kier alpha value is -0.610. The number of rotatable bonds is 6. The first-order valence-corrected chi connectivity index (χ1v) is 5.31. The Balaban J connectivity index is 2.49. The average Bonchev–Trinajstić information content (AvgIpc) is 2.63. The third kappa shape index (κ3) is 3.27. The molecule has 1 aromatic heterocycles. The van der Waals surface area contributed by atoms with Gasteiger partial charge in [0.25, 0.3) is 0 Å². The molecule has 1 unspecified atom stereocenters. The molecule has 0 aromatic carbocycles. The van der Waals surface area contributed by atoms with Gasteiger partial charge in [0.15, 0.2) is 5.82 Å². The number of alkyl halides is 1. The SMILES string of the molecule is CCOC(C)c1noc(CCCCl)n1. The van der Waals surface area contributed by atoms with Crippen molar-refractivity contribution in [1.82, 2.24) is 10.1 Å². The molecule has 0 aliphatic carbocycles. The van der Waals surface area contributed by atoms with E-state index >= 15 is 0 Å². The Labute approximate surface area is 88.6 Å². The monoisotopic (exact) mass is 218 g/mol. The van der Waals surface area contributed by atoms with Crippen molar-refractivity contribution in [3.8, 4) is 0 Å². The van der Waals surface area contributed by atoms with E-state index in [1.807, 2.05) is 13.8 Å². The van der Waals surface area contributed by atoms with Gasteiger partial charge in [0.05, 0.1) is 0 Å². The maximum atomic E-state index is 5.56. The molecule has 0 saturated carbocycles. The van der Waals surface area contributed by atoms with Crippen molar-refractivity contribution >= 4 is 11.6 Å². The molecular weight excluding hydrogens is 204 g/mol. The van der Waals surface area contributed by atoms with Crippen molar-refractivity contribution < 1.29 is 9.26 Å². The summed E-state index contributed by atoms with van der Waals surface area (Å²) >= 11 is 5.56. The van der Waals surface area contributed by atoms with Crippen LogP contribution in [0, 0.1) is 0 Å². The summed E-state index contributed by atoms with van der Waals surface area (Å²) in [5.74, 6) is 1.85. The molecule has 0 amide bonds. The van der Waals surface area contributed by atoms with E-state index in [1.54, 1.807) is 0 Å². The molecular formula is C9H15ClN2O2. The van der Waals surface area contributed by atoms with Gasteiger partial charge in [-0.25, -0.2) is 0 Å². The number of hydrogen-bond donors (Lipinski definition) is 0. The highest BCUT2D eigenvalue weighted by molar-refractivity contribution is 6.17. The summed E-state index contributed by atoms with van der Waals surface area (Å²) < 4.78 is 10.4. The van der Waals surface area contributed by atoms with Crippen molar-refractivity contribution in [1.29, 1.82) is 0 Å². The quantitative estimate of drug-likeness (QED) is 0.688. The van der Waals surface area contributed by atoms with Gasteiger partial charge in [0.2, 0.25) is 5.89 Å². The molecule has 0 fully saturated rings. The third-order valence-corrected chi connectivity index (χ3v) is 2.06. The van der Waals surface area contributed by atoms with E-state index in [4.69, 9.17) is 20.9 Å². The Morgan fingerprint density at radius 3 is 3.00 bits per heavy atom. The van der Waals surface area contributed by atoms with E-state index in [-0.39, 0.29) is 6.10 Å². The van der Waals surface area contributed by atoms with E-state index in [1.165, 1.54) is 0 Å². The predicted octanol–water partition coefficient (Wildman–Crippen LogP) is 2.34. The fourth-order valence-electron chi connectivity index (χ4n) is 1.08. The summed E-state index contributed by atoms with van der Waals surface area (Å²) in [5, 5.41) is 3.83. The molecule has 0 radical (unpaired) electrons. The van der Waals surface area contributed by atoms with Gasteiger partial charge >= 0.3 is 0 Å². The van der Waals surface area contributed by atoms with Crippen molar-refractivity contribution in [2.45, 2.75) is 32.8 Å². The van der Waals surface area contributed by atoms with E-state index in [0.29, 0.717) is 24.2 Å². The Morgan fingerprint density at radius 2 is 2.36 bits per heavy atom. The predicted molar refractivity (Wildman–Crippen MR) is 53.4 cm³/mol. The van der Waals surface area contributed by atoms with Crippen LogP contribution in [0.3, 0.4) is 0 Å². The second-order valence-corrected chi connectivity index (χ2v) is 3.31. The lowest BCUT2D eigenvalue weighted by atomic mass is 10.3. The Kier molecular flexibility index (Phi) is 4.90. The standard InChI is InChI=1S/C9H15ClN2O2/c1-3-13-7(2)9-11-8(14-12-9)5-4-6-10/h7H,3-6H2,1-2H3. The van der Waals surface area contributed by atoms with Gasteiger partial charge in [-0.15, -0.1) is 11.6 Å². The van der Waals surface area contributed by atoms with E-state index in [0.717, 1.165) is 12.8 Å².